The standard InChI is InChI=1S/C25H19Cl2NO3S/c26-20-12-9-16(13-21(20)27)6-5-15-7-10-17(11-8-15)28-25(31)24(30)19-14-32-22-4-2-1-3-18(22)23(19)29/h1-4,7-13,19H,5-6,14H2,(H,28,31). The number of halogens is 2. The molecule has 0 fully saturated rings. The predicted octanol–water partition coefficient (Wildman–Crippen LogP) is 5.89. The van der Waals surface area contributed by atoms with Gasteiger partial charge in [-0.3, -0.25) is 14.4 Å². The topological polar surface area (TPSA) is 63.2 Å². The molecule has 4 nitrogen and oxygen atoms in total. The molecule has 4 rings (SSSR count). The van der Waals surface area contributed by atoms with Gasteiger partial charge in [-0.15, -0.1) is 11.8 Å². The summed E-state index contributed by atoms with van der Waals surface area (Å²) in [6.45, 7) is 0. The summed E-state index contributed by atoms with van der Waals surface area (Å²) in [5.41, 5.74) is 3.18. The van der Waals surface area contributed by atoms with Crippen molar-refractivity contribution in [2.24, 2.45) is 5.92 Å². The third kappa shape index (κ3) is 5.07. The lowest BCUT2D eigenvalue weighted by Gasteiger charge is -2.21. The molecule has 0 saturated carbocycles. The Labute approximate surface area is 200 Å². The van der Waals surface area contributed by atoms with Crippen LogP contribution in [0, 0.1) is 5.92 Å². The molecule has 1 heterocycles. The predicted molar refractivity (Wildman–Crippen MR) is 129 cm³/mol. The maximum atomic E-state index is 12.7. The van der Waals surface area contributed by atoms with E-state index < -0.39 is 17.6 Å². The molecular weight excluding hydrogens is 465 g/mol. The van der Waals surface area contributed by atoms with Gasteiger partial charge >= 0.3 is 0 Å². The summed E-state index contributed by atoms with van der Waals surface area (Å²) < 4.78 is 0. The number of rotatable bonds is 6. The van der Waals surface area contributed by atoms with Gasteiger partial charge in [0, 0.05) is 21.9 Å². The molecule has 1 unspecified atom stereocenters. The molecule has 0 aromatic heterocycles. The Kier molecular flexibility index (Phi) is 6.99. The van der Waals surface area contributed by atoms with Gasteiger partial charge in [-0.1, -0.05) is 59.6 Å². The maximum absolute atomic E-state index is 12.7. The van der Waals surface area contributed by atoms with Gasteiger partial charge in [0.15, 0.2) is 5.78 Å². The van der Waals surface area contributed by atoms with Crippen LogP contribution in [0.1, 0.15) is 21.5 Å². The largest absolute Gasteiger partial charge is 0.319 e. The van der Waals surface area contributed by atoms with E-state index in [-0.39, 0.29) is 11.5 Å². The summed E-state index contributed by atoms with van der Waals surface area (Å²) in [6, 6.07) is 20.0. The number of hydrogen-bond donors (Lipinski definition) is 1. The van der Waals surface area contributed by atoms with Crippen LogP contribution in [0.3, 0.4) is 0 Å². The van der Waals surface area contributed by atoms with E-state index in [4.69, 9.17) is 23.2 Å². The molecule has 0 bridgehead atoms. The van der Waals surface area contributed by atoms with Crippen LogP contribution in [-0.2, 0) is 22.4 Å². The number of carbonyl (C=O) groups excluding carboxylic acids is 3. The van der Waals surface area contributed by atoms with Crippen molar-refractivity contribution in [1.29, 1.82) is 0 Å². The highest BCUT2D eigenvalue weighted by Crippen LogP contribution is 2.33. The van der Waals surface area contributed by atoms with Crippen molar-refractivity contribution >= 4 is 58.1 Å². The van der Waals surface area contributed by atoms with E-state index in [0.29, 0.717) is 21.3 Å². The molecule has 1 amide bonds. The first-order valence-electron chi connectivity index (χ1n) is 10.1. The number of thioether (sulfide) groups is 1. The minimum atomic E-state index is -0.958. The fourth-order valence-electron chi connectivity index (χ4n) is 3.52. The molecule has 0 aliphatic carbocycles. The molecule has 1 N–H and O–H groups in total. The Balaban J connectivity index is 1.35. The summed E-state index contributed by atoms with van der Waals surface area (Å²) in [6.07, 6.45) is 1.59. The van der Waals surface area contributed by atoms with Crippen LogP contribution in [0.5, 0.6) is 0 Å². The molecule has 1 atom stereocenters. The SMILES string of the molecule is O=C(Nc1ccc(CCc2ccc(Cl)c(Cl)c2)cc1)C(=O)C1CSc2ccccc2C1=O. The van der Waals surface area contributed by atoms with E-state index in [2.05, 4.69) is 5.32 Å². The Morgan fingerprint density at radius 1 is 0.906 bits per heavy atom. The van der Waals surface area contributed by atoms with Gasteiger partial charge in [-0.25, -0.2) is 0 Å². The van der Waals surface area contributed by atoms with Gasteiger partial charge in [-0.05, 0) is 54.3 Å². The smallest absolute Gasteiger partial charge is 0.292 e. The number of aryl methyl sites for hydroxylation is 2. The first kappa shape index (κ1) is 22.6. The van der Waals surface area contributed by atoms with Crippen molar-refractivity contribution in [3.63, 3.8) is 0 Å². The quantitative estimate of drug-likeness (QED) is 0.350. The highest BCUT2D eigenvalue weighted by Gasteiger charge is 2.36. The number of benzene rings is 3. The van der Waals surface area contributed by atoms with E-state index >= 15 is 0 Å². The van der Waals surface area contributed by atoms with E-state index in [1.54, 1.807) is 30.3 Å². The van der Waals surface area contributed by atoms with E-state index in [9.17, 15) is 14.4 Å². The van der Waals surface area contributed by atoms with Crippen molar-refractivity contribution in [2.75, 3.05) is 11.1 Å². The summed E-state index contributed by atoms with van der Waals surface area (Å²) in [5, 5.41) is 3.68. The van der Waals surface area contributed by atoms with E-state index in [0.717, 1.165) is 28.9 Å². The zero-order chi connectivity index (χ0) is 22.7. The Hall–Kier alpha value is -2.60. The maximum Gasteiger partial charge on any atom is 0.292 e. The first-order valence-corrected chi connectivity index (χ1v) is 11.8. The molecule has 0 saturated heterocycles. The summed E-state index contributed by atoms with van der Waals surface area (Å²) in [7, 11) is 0. The highest BCUT2D eigenvalue weighted by molar-refractivity contribution is 7.99. The third-order valence-corrected chi connectivity index (χ3v) is 7.22. The third-order valence-electron chi connectivity index (χ3n) is 5.31. The number of amides is 1. The van der Waals surface area contributed by atoms with Crippen LogP contribution >= 0.6 is 35.0 Å². The number of ketones is 2. The minimum Gasteiger partial charge on any atom is -0.319 e. The van der Waals surface area contributed by atoms with Crippen molar-refractivity contribution in [3.8, 4) is 0 Å². The Morgan fingerprint density at radius 2 is 1.59 bits per heavy atom. The van der Waals surface area contributed by atoms with Crippen LogP contribution in [0.25, 0.3) is 0 Å². The zero-order valence-electron chi connectivity index (χ0n) is 16.9. The number of anilines is 1. The molecule has 7 heteroatoms. The van der Waals surface area contributed by atoms with Crippen LogP contribution < -0.4 is 5.32 Å². The second-order valence-corrected chi connectivity index (χ2v) is 9.36. The number of hydrogen-bond acceptors (Lipinski definition) is 4. The number of fused-ring (bicyclic) bond motifs is 1. The van der Waals surface area contributed by atoms with Gasteiger partial charge in [0.2, 0.25) is 5.78 Å². The molecule has 0 radical (unpaired) electrons. The Morgan fingerprint density at radius 3 is 2.34 bits per heavy atom. The van der Waals surface area contributed by atoms with Crippen LogP contribution in [0.4, 0.5) is 5.69 Å². The fraction of sp³-hybridized carbons (Fsp3) is 0.160. The lowest BCUT2D eigenvalue weighted by Crippen LogP contribution is -2.37. The second kappa shape index (κ2) is 9.90. The van der Waals surface area contributed by atoms with E-state index in [1.807, 2.05) is 36.4 Å². The van der Waals surface area contributed by atoms with Crippen LogP contribution in [0.15, 0.2) is 71.6 Å². The zero-order valence-corrected chi connectivity index (χ0v) is 19.3. The molecule has 3 aromatic rings. The molecule has 3 aromatic carbocycles. The molecule has 162 valence electrons. The summed E-state index contributed by atoms with van der Waals surface area (Å²) >= 11 is 13.4. The summed E-state index contributed by atoms with van der Waals surface area (Å²) in [5.74, 6) is -2.46. The summed E-state index contributed by atoms with van der Waals surface area (Å²) in [4.78, 5) is 38.6. The molecule has 32 heavy (non-hydrogen) atoms. The first-order chi connectivity index (χ1) is 15.4. The second-order valence-electron chi connectivity index (χ2n) is 7.49. The van der Waals surface area contributed by atoms with Gasteiger partial charge in [0.05, 0.1) is 10.0 Å². The van der Waals surface area contributed by atoms with Crippen molar-refractivity contribution in [3.05, 3.63) is 93.5 Å². The van der Waals surface area contributed by atoms with Gasteiger partial charge in [-0.2, -0.15) is 0 Å². The average Bonchev–Trinajstić information content (AvgIpc) is 2.81. The van der Waals surface area contributed by atoms with Crippen LogP contribution in [0.2, 0.25) is 10.0 Å². The minimum absolute atomic E-state index is 0.274. The number of carbonyl (C=O) groups is 3. The normalized spacial score (nSPS) is 15.2. The Bertz CT molecular complexity index is 1190. The number of nitrogens with one attached hydrogen (secondary N) is 1. The lowest BCUT2D eigenvalue weighted by molar-refractivity contribution is -0.136. The fourth-order valence-corrected chi connectivity index (χ4v) is 4.99. The van der Waals surface area contributed by atoms with E-state index in [1.165, 1.54) is 11.8 Å². The number of Topliss-reactive ketones (excluding diaryl/α,β-unsaturated/α-hetero) is 2. The van der Waals surface area contributed by atoms with Gasteiger partial charge in [0.1, 0.15) is 5.92 Å². The molecule has 1 aliphatic rings. The highest BCUT2D eigenvalue weighted by atomic mass is 35.5. The van der Waals surface area contributed by atoms with Crippen molar-refractivity contribution < 1.29 is 14.4 Å². The molecule has 0 spiro atoms. The average molecular weight is 484 g/mol. The molecule has 1 aliphatic heterocycles. The monoisotopic (exact) mass is 483 g/mol. The lowest BCUT2D eigenvalue weighted by atomic mass is 9.94. The molecular formula is C25H19Cl2NO3S. The van der Waals surface area contributed by atoms with Crippen LogP contribution in [-0.4, -0.2) is 23.2 Å². The van der Waals surface area contributed by atoms with Gasteiger partial charge < -0.3 is 5.32 Å². The van der Waals surface area contributed by atoms with Gasteiger partial charge in [0.25, 0.3) is 5.91 Å². The van der Waals surface area contributed by atoms with Crippen molar-refractivity contribution in [1.82, 2.24) is 0 Å². The van der Waals surface area contributed by atoms with Crippen molar-refractivity contribution in [2.45, 2.75) is 17.7 Å².